The van der Waals surface area contributed by atoms with Crippen LogP contribution in [0.4, 0.5) is 4.79 Å². The van der Waals surface area contributed by atoms with E-state index in [0.29, 0.717) is 17.1 Å². The Hall–Kier alpha value is -2.24. The molecular weight excluding hydrogens is 390 g/mol. The highest BCUT2D eigenvalue weighted by Gasteiger charge is 2.30. The number of rotatable bonds is 5. The topological polar surface area (TPSA) is 70.0 Å². The maximum atomic E-state index is 12.8. The minimum Gasteiger partial charge on any atom is -0.508 e. The summed E-state index contributed by atoms with van der Waals surface area (Å²) in [7, 11) is 0. The largest absolute Gasteiger partial charge is 0.508 e. The van der Waals surface area contributed by atoms with Crippen LogP contribution in [0.15, 0.2) is 42.5 Å². The van der Waals surface area contributed by atoms with Gasteiger partial charge in [0.25, 0.3) is 0 Å². The highest BCUT2D eigenvalue weighted by molar-refractivity contribution is 6.30. The maximum Gasteiger partial charge on any atom is 0.410 e. The Morgan fingerprint density at radius 3 is 2.62 bits per heavy atom. The number of aromatic hydroxyl groups is 1. The molecule has 0 bridgehead atoms. The Balaban J connectivity index is 1.74. The molecule has 0 radical (unpaired) electrons. The molecule has 0 saturated carbocycles. The van der Waals surface area contributed by atoms with Crippen molar-refractivity contribution in [2.75, 3.05) is 13.1 Å². The van der Waals surface area contributed by atoms with Crippen LogP contribution in [0.1, 0.15) is 43.6 Å². The van der Waals surface area contributed by atoms with Gasteiger partial charge < -0.3 is 19.8 Å². The second kappa shape index (κ2) is 8.64. The first-order valence-corrected chi connectivity index (χ1v) is 10.2. The molecule has 2 N–H and O–H groups in total. The fourth-order valence-corrected chi connectivity index (χ4v) is 3.91. The van der Waals surface area contributed by atoms with Crippen LogP contribution in [0.3, 0.4) is 0 Å². The average molecular weight is 418 g/mol. The number of carbonyl (C=O) groups excluding carboxylic acids is 1. The van der Waals surface area contributed by atoms with E-state index in [9.17, 15) is 15.0 Å². The molecule has 0 heterocycles. The molecule has 156 valence electrons. The molecule has 0 spiro atoms. The Kier molecular flexibility index (Phi) is 6.39. The molecule has 5 nitrogen and oxygen atoms in total. The highest BCUT2D eigenvalue weighted by Crippen LogP contribution is 2.31. The molecule has 2 aromatic rings. The van der Waals surface area contributed by atoms with Crippen LogP contribution in [0, 0.1) is 5.92 Å². The van der Waals surface area contributed by atoms with Crippen molar-refractivity contribution in [2.45, 2.75) is 45.3 Å². The summed E-state index contributed by atoms with van der Waals surface area (Å²) < 4.78 is 5.58. The number of halogens is 1. The number of benzene rings is 2. The Morgan fingerprint density at radius 2 is 1.93 bits per heavy atom. The molecule has 0 aromatic heterocycles. The number of aliphatic hydroxyl groups is 1. The van der Waals surface area contributed by atoms with Gasteiger partial charge in [0.1, 0.15) is 11.4 Å². The number of hydrogen-bond donors (Lipinski definition) is 2. The van der Waals surface area contributed by atoms with E-state index in [1.165, 1.54) is 5.56 Å². The number of hydrogen-bond acceptors (Lipinski definition) is 4. The van der Waals surface area contributed by atoms with Crippen molar-refractivity contribution in [3.63, 3.8) is 0 Å². The number of nitrogens with zero attached hydrogens (tertiary/aromatic N) is 1. The van der Waals surface area contributed by atoms with E-state index in [-0.39, 0.29) is 18.2 Å². The molecule has 0 fully saturated rings. The van der Waals surface area contributed by atoms with Gasteiger partial charge in [-0.15, -0.1) is 0 Å². The molecule has 1 amide bonds. The van der Waals surface area contributed by atoms with E-state index >= 15 is 0 Å². The SMILES string of the molecule is CC(C)(C)OC(=O)N(CC1Cc2ccc(O)cc2C1)CC(O)c1cccc(Cl)c1. The molecule has 3 rings (SSSR count). The van der Waals surface area contributed by atoms with Gasteiger partial charge in [-0.1, -0.05) is 29.8 Å². The van der Waals surface area contributed by atoms with E-state index in [2.05, 4.69) is 0 Å². The maximum absolute atomic E-state index is 12.8. The summed E-state index contributed by atoms with van der Waals surface area (Å²) in [6.45, 7) is 6.05. The zero-order valence-corrected chi connectivity index (χ0v) is 17.8. The van der Waals surface area contributed by atoms with Crippen LogP contribution in [0.2, 0.25) is 5.02 Å². The number of phenols is 1. The first-order valence-electron chi connectivity index (χ1n) is 9.83. The number of carbonyl (C=O) groups is 1. The van der Waals surface area contributed by atoms with Gasteiger partial charge in [0.2, 0.25) is 0 Å². The molecule has 2 atom stereocenters. The lowest BCUT2D eigenvalue weighted by Gasteiger charge is -2.30. The fraction of sp³-hybridized carbons (Fsp3) is 0.435. The monoisotopic (exact) mass is 417 g/mol. The molecular formula is C23H28ClNO4. The first kappa shape index (κ1) is 21.5. The first-order chi connectivity index (χ1) is 13.6. The van der Waals surface area contributed by atoms with Gasteiger partial charge in [0, 0.05) is 11.6 Å². The van der Waals surface area contributed by atoms with Gasteiger partial charge in [0.05, 0.1) is 12.6 Å². The molecule has 1 aliphatic rings. The van der Waals surface area contributed by atoms with Crippen LogP contribution >= 0.6 is 11.6 Å². The predicted molar refractivity (Wildman–Crippen MR) is 113 cm³/mol. The van der Waals surface area contributed by atoms with E-state index in [4.69, 9.17) is 16.3 Å². The van der Waals surface area contributed by atoms with Gasteiger partial charge in [0.15, 0.2) is 0 Å². The zero-order chi connectivity index (χ0) is 21.2. The second-order valence-electron chi connectivity index (χ2n) is 8.68. The molecule has 2 unspecified atom stereocenters. The average Bonchev–Trinajstić information content (AvgIpc) is 3.01. The lowest BCUT2D eigenvalue weighted by atomic mass is 10.0. The summed E-state index contributed by atoms with van der Waals surface area (Å²) in [5.74, 6) is 0.454. The Morgan fingerprint density at radius 1 is 1.21 bits per heavy atom. The number of ether oxygens (including phenoxy) is 1. The minimum absolute atomic E-state index is 0.118. The minimum atomic E-state index is -0.867. The van der Waals surface area contributed by atoms with Crippen molar-refractivity contribution in [1.82, 2.24) is 4.90 Å². The Labute approximate surface area is 176 Å². The standard InChI is InChI=1S/C23H28ClNO4/c1-23(2,3)29-22(28)25(14-21(27)17-5-4-6-19(24)11-17)13-15-9-16-7-8-20(26)12-18(16)10-15/h4-8,11-12,15,21,26-27H,9-10,13-14H2,1-3H3. The van der Waals surface area contributed by atoms with E-state index in [1.54, 1.807) is 41.3 Å². The van der Waals surface area contributed by atoms with Gasteiger partial charge in [-0.05, 0) is 80.5 Å². The molecule has 1 aliphatic carbocycles. The summed E-state index contributed by atoms with van der Waals surface area (Å²) in [6.07, 6.45) is 0.282. The van der Waals surface area contributed by atoms with E-state index < -0.39 is 17.8 Å². The van der Waals surface area contributed by atoms with Crippen molar-refractivity contribution >= 4 is 17.7 Å². The highest BCUT2D eigenvalue weighted by atomic mass is 35.5. The van der Waals surface area contributed by atoms with Crippen LogP contribution in [0.25, 0.3) is 0 Å². The number of phenolic OH excluding ortho intramolecular Hbond substituents is 1. The third kappa shape index (κ3) is 5.87. The summed E-state index contributed by atoms with van der Waals surface area (Å²) >= 11 is 6.04. The van der Waals surface area contributed by atoms with Crippen LogP contribution in [-0.4, -0.2) is 39.9 Å². The van der Waals surface area contributed by atoms with Crippen LogP contribution in [-0.2, 0) is 17.6 Å². The van der Waals surface area contributed by atoms with Crippen molar-refractivity contribution in [1.29, 1.82) is 0 Å². The third-order valence-electron chi connectivity index (χ3n) is 4.96. The van der Waals surface area contributed by atoms with Gasteiger partial charge in [-0.25, -0.2) is 4.79 Å². The third-order valence-corrected chi connectivity index (χ3v) is 5.20. The predicted octanol–water partition coefficient (Wildman–Crippen LogP) is 4.73. The molecule has 6 heteroatoms. The van der Waals surface area contributed by atoms with E-state index in [0.717, 1.165) is 18.4 Å². The Bertz CT molecular complexity index is 877. The quantitative estimate of drug-likeness (QED) is 0.737. The zero-order valence-electron chi connectivity index (χ0n) is 17.1. The summed E-state index contributed by atoms with van der Waals surface area (Å²) in [6, 6.07) is 12.4. The van der Waals surface area contributed by atoms with E-state index in [1.807, 2.05) is 26.8 Å². The number of amides is 1. The van der Waals surface area contributed by atoms with Crippen LogP contribution < -0.4 is 0 Å². The molecule has 0 aliphatic heterocycles. The summed E-state index contributed by atoms with van der Waals surface area (Å²) in [5, 5.41) is 21.0. The normalized spacial score (nSPS) is 16.9. The second-order valence-corrected chi connectivity index (χ2v) is 9.12. The molecule has 2 aromatic carbocycles. The van der Waals surface area contributed by atoms with Crippen LogP contribution in [0.5, 0.6) is 5.75 Å². The number of fused-ring (bicyclic) bond motifs is 1. The van der Waals surface area contributed by atoms with Crippen molar-refractivity contribution in [3.8, 4) is 5.75 Å². The summed E-state index contributed by atoms with van der Waals surface area (Å²) in [5.41, 5.74) is 2.33. The van der Waals surface area contributed by atoms with Gasteiger partial charge in [-0.2, -0.15) is 0 Å². The number of aliphatic hydroxyl groups excluding tert-OH is 1. The molecule has 0 saturated heterocycles. The fourth-order valence-electron chi connectivity index (χ4n) is 3.71. The van der Waals surface area contributed by atoms with Crippen molar-refractivity contribution in [2.24, 2.45) is 5.92 Å². The van der Waals surface area contributed by atoms with Crippen molar-refractivity contribution in [3.05, 3.63) is 64.2 Å². The van der Waals surface area contributed by atoms with Crippen molar-refractivity contribution < 1.29 is 19.7 Å². The lowest BCUT2D eigenvalue weighted by Crippen LogP contribution is -2.42. The lowest BCUT2D eigenvalue weighted by molar-refractivity contribution is 0.0111. The summed E-state index contributed by atoms with van der Waals surface area (Å²) in [4.78, 5) is 14.4. The van der Waals surface area contributed by atoms with Gasteiger partial charge >= 0.3 is 6.09 Å². The smallest absolute Gasteiger partial charge is 0.410 e. The van der Waals surface area contributed by atoms with Gasteiger partial charge in [-0.3, -0.25) is 0 Å². The molecule has 29 heavy (non-hydrogen) atoms.